The molecule has 1 aromatic heterocycles. The van der Waals surface area contributed by atoms with E-state index < -0.39 is 11.8 Å². The molecule has 8 nitrogen and oxygen atoms in total. The molecular weight excluding hydrogens is 444 g/mol. The summed E-state index contributed by atoms with van der Waals surface area (Å²) in [5.41, 5.74) is 1.46. The lowest BCUT2D eigenvalue weighted by molar-refractivity contribution is -0.149. The van der Waals surface area contributed by atoms with E-state index >= 15 is 0 Å². The first-order chi connectivity index (χ1) is 17.0. The Kier molecular flexibility index (Phi) is 6.56. The fraction of sp³-hybridized carbons (Fsp3) is 0.481. The fourth-order valence-corrected chi connectivity index (χ4v) is 5.31. The van der Waals surface area contributed by atoms with Crippen molar-refractivity contribution in [2.24, 2.45) is 5.92 Å². The van der Waals surface area contributed by atoms with Gasteiger partial charge in [0.1, 0.15) is 11.8 Å². The van der Waals surface area contributed by atoms with Gasteiger partial charge in [-0.3, -0.25) is 24.3 Å². The molecule has 0 radical (unpaired) electrons. The van der Waals surface area contributed by atoms with Crippen LogP contribution in [-0.4, -0.2) is 64.0 Å². The summed E-state index contributed by atoms with van der Waals surface area (Å²) in [6.45, 7) is 3.43. The number of nitrogens with zero attached hydrogens (tertiary/aromatic N) is 3. The third-order valence-corrected chi connectivity index (χ3v) is 7.68. The van der Waals surface area contributed by atoms with Crippen LogP contribution in [-0.2, 0) is 20.9 Å². The lowest BCUT2D eigenvalue weighted by Gasteiger charge is -2.45. The van der Waals surface area contributed by atoms with Crippen molar-refractivity contribution in [1.82, 2.24) is 20.1 Å². The summed E-state index contributed by atoms with van der Waals surface area (Å²) in [6, 6.07) is 10.4. The highest BCUT2D eigenvalue weighted by molar-refractivity contribution is 5.99. The first kappa shape index (κ1) is 23.5. The van der Waals surface area contributed by atoms with E-state index in [1.165, 1.54) is 0 Å². The standard InChI is InChI=1S/C27H32N4O4/c1-19-5-2-3-8-22(19)26(34)31-23(24(32)29-17-20-9-13-28-14-10-20)18-35-27(31)11-15-30(16-12-27)25(33)21-6-4-7-21/h2-3,5,8-10,13-14,21,23H,4,6-7,11-12,15-18H2,1H3,(H,29,32). The van der Waals surface area contributed by atoms with Gasteiger partial charge in [0.05, 0.1) is 6.61 Å². The summed E-state index contributed by atoms with van der Waals surface area (Å²) < 4.78 is 6.29. The molecule has 184 valence electrons. The average Bonchev–Trinajstić information content (AvgIpc) is 3.21. The van der Waals surface area contributed by atoms with Gasteiger partial charge in [-0.25, -0.2) is 0 Å². The molecule has 3 fully saturated rings. The zero-order valence-electron chi connectivity index (χ0n) is 20.1. The van der Waals surface area contributed by atoms with Gasteiger partial charge in [-0.05, 0) is 49.1 Å². The van der Waals surface area contributed by atoms with Crippen LogP contribution in [0.5, 0.6) is 0 Å². The number of rotatable bonds is 5. The Hall–Kier alpha value is -3.26. The predicted molar refractivity (Wildman–Crippen MR) is 129 cm³/mol. The Morgan fingerprint density at radius 3 is 2.46 bits per heavy atom. The van der Waals surface area contributed by atoms with Crippen LogP contribution in [0.3, 0.4) is 0 Å². The van der Waals surface area contributed by atoms with E-state index in [-0.39, 0.29) is 30.2 Å². The van der Waals surface area contributed by atoms with Crippen molar-refractivity contribution in [3.63, 3.8) is 0 Å². The van der Waals surface area contributed by atoms with Crippen LogP contribution < -0.4 is 5.32 Å². The smallest absolute Gasteiger partial charge is 0.257 e. The molecule has 2 aliphatic heterocycles. The fourth-order valence-electron chi connectivity index (χ4n) is 5.31. The van der Waals surface area contributed by atoms with Gasteiger partial charge < -0.3 is 15.0 Å². The normalized spacial score (nSPS) is 21.6. The third kappa shape index (κ3) is 4.55. The lowest BCUT2D eigenvalue weighted by Crippen LogP contribution is -2.60. The highest BCUT2D eigenvalue weighted by atomic mass is 16.5. The summed E-state index contributed by atoms with van der Waals surface area (Å²) in [6.07, 6.45) is 7.41. The van der Waals surface area contributed by atoms with Crippen molar-refractivity contribution in [1.29, 1.82) is 0 Å². The van der Waals surface area contributed by atoms with E-state index in [4.69, 9.17) is 4.74 Å². The minimum atomic E-state index is -0.894. The number of piperidine rings is 1. The molecule has 1 spiro atoms. The quantitative estimate of drug-likeness (QED) is 0.717. The summed E-state index contributed by atoms with van der Waals surface area (Å²) >= 11 is 0. The predicted octanol–water partition coefficient (Wildman–Crippen LogP) is 2.67. The second kappa shape index (κ2) is 9.77. The Morgan fingerprint density at radius 2 is 1.80 bits per heavy atom. The van der Waals surface area contributed by atoms with Gasteiger partial charge >= 0.3 is 0 Å². The number of likely N-dealkylation sites (tertiary alicyclic amines) is 1. The van der Waals surface area contributed by atoms with E-state index in [0.717, 1.165) is 30.4 Å². The molecule has 35 heavy (non-hydrogen) atoms. The number of hydrogen-bond acceptors (Lipinski definition) is 5. The van der Waals surface area contributed by atoms with Crippen LogP contribution in [0.2, 0.25) is 0 Å². The van der Waals surface area contributed by atoms with Crippen LogP contribution in [0.1, 0.15) is 53.6 Å². The molecule has 3 amide bonds. The highest BCUT2D eigenvalue weighted by Gasteiger charge is 2.54. The molecule has 1 N–H and O–H groups in total. The van der Waals surface area contributed by atoms with Gasteiger partial charge in [0.15, 0.2) is 0 Å². The van der Waals surface area contributed by atoms with Gasteiger partial charge in [-0.2, -0.15) is 0 Å². The van der Waals surface area contributed by atoms with Gasteiger partial charge in [0, 0.05) is 56.4 Å². The number of aryl methyl sites for hydroxylation is 1. The van der Waals surface area contributed by atoms with Crippen molar-refractivity contribution in [2.75, 3.05) is 19.7 Å². The number of carbonyl (C=O) groups excluding carboxylic acids is 3. The van der Waals surface area contributed by atoms with E-state index in [1.807, 2.05) is 42.2 Å². The van der Waals surface area contributed by atoms with Crippen molar-refractivity contribution in [3.8, 4) is 0 Å². The zero-order chi connectivity index (χ0) is 24.4. The largest absolute Gasteiger partial charge is 0.353 e. The molecule has 1 aromatic carbocycles. The van der Waals surface area contributed by atoms with Crippen molar-refractivity contribution >= 4 is 17.7 Å². The number of benzene rings is 1. The van der Waals surface area contributed by atoms with E-state index in [2.05, 4.69) is 10.3 Å². The molecule has 2 aromatic rings. The maximum Gasteiger partial charge on any atom is 0.257 e. The number of ether oxygens (including phenoxy) is 1. The number of pyridine rings is 1. The second-order valence-electron chi connectivity index (χ2n) is 9.79. The van der Waals surface area contributed by atoms with Crippen molar-refractivity contribution in [2.45, 2.75) is 57.3 Å². The minimum absolute atomic E-state index is 0.135. The first-order valence-corrected chi connectivity index (χ1v) is 12.5. The number of nitrogens with one attached hydrogen (secondary N) is 1. The number of carbonyl (C=O) groups is 3. The Balaban J connectivity index is 1.36. The van der Waals surface area contributed by atoms with Crippen LogP contribution in [0, 0.1) is 12.8 Å². The highest BCUT2D eigenvalue weighted by Crippen LogP contribution is 2.40. The SMILES string of the molecule is Cc1ccccc1C(=O)N1C(C(=O)NCc2ccncc2)COC12CCN(C(=O)C1CCC1)CC2. The third-order valence-electron chi connectivity index (χ3n) is 7.68. The lowest BCUT2D eigenvalue weighted by atomic mass is 9.83. The molecule has 3 aliphatic rings. The zero-order valence-corrected chi connectivity index (χ0v) is 20.1. The van der Waals surface area contributed by atoms with E-state index in [0.29, 0.717) is 38.0 Å². The summed E-state index contributed by atoms with van der Waals surface area (Å²) in [5.74, 6) is -0.0884. The molecule has 3 heterocycles. The number of aromatic nitrogens is 1. The van der Waals surface area contributed by atoms with E-state index in [9.17, 15) is 14.4 Å². The van der Waals surface area contributed by atoms with Crippen LogP contribution in [0.4, 0.5) is 0 Å². The topological polar surface area (TPSA) is 91.8 Å². The second-order valence-corrected chi connectivity index (χ2v) is 9.79. The molecule has 1 saturated carbocycles. The van der Waals surface area contributed by atoms with E-state index in [1.54, 1.807) is 23.4 Å². The molecular formula is C27H32N4O4. The molecule has 1 atom stereocenters. The molecule has 2 saturated heterocycles. The maximum atomic E-state index is 13.9. The van der Waals surface area contributed by atoms with Crippen molar-refractivity contribution in [3.05, 3.63) is 65.5 Å². The number of amides is 3. The summed E-state index contributed by atoms with van der Waals surface area (Å²) in [5, 5.41) is 2.97. The molecule has 0 bridgehead atoms. The molecule has 1 unspecified atom stereocenters. The van der Waals surface area contributed by atoms with Gasteiger partial charge in [0.25, 0.3) is 5.91 Å². The maximum absolute atomic E-state index is 13.9. The van der Waals surface area contributed by atoms with Gasteiger partial charge in [-0.15, -0.1) is 0 Å². The molecule has 8 heteroatoms. The van der Waals surface area contributed by atoms with Gasteiger partial charge in [-0.1, -0.05) is 24.6 Å². The Bertz CT molecular complexity index is 1090. The number of hydrogen-bond donors (Lipinski definition) is 1. The van der Waals surface area contributed by atoms with Gasteiger partial charge in [0.2, 0.25) is 11.8 Å². The van der Waals surface area contributed by atoms with Crippen LogP contribution >= 0.6 is 0 Å². The minimum Gasteiger partial charge on any atom is -0.353 e. The Morgan fingerprint density at radius 1 is 1.09 bits per heavy atom. The van der Waals surface area contributed by atoms with Crippen molar-refractivity contribution < 1.29 is 19.1 Å². The Labute approximate surface area is 205 Å². The molecule has 1 aliphatic carbocycles. The summed E-state index contributed by atoms with van der Waals surface area (Å²) in [7, 11) is 0. The summed E-state index contributed by atoms with van der Waals surface area (Å²) in [4.78, 5) is 47.6. The average molecular weight is 477 g/mol. The first-order valence-electron chi connectivity index (χ1n) is 12.5. The van der Waals surface area contributed by atoms with Crippen LogP contribution in [0.15, 0.2) is 48.8 Å². The molecule has 5 rings (SSSR count). The van der Waals surface area contributed by atoms with Crippen LogP contribution in [0.25, 0.3) is 0 Å². The monoisotopic (exact) mass is 476 g/mol.